The first kappa shape index (κ1) is 30.9. The molecule has 10 nitrogen and oxygen atoms in total. The number of amides is 3. The molecule has 11 heteroatoms. The summed E-state index contributed by atoms with van der Waals surface area (Å²) in [5.74, 6) is 1.18. The van der Waals surface area contributed by atoms with E-state index in [2.05, 4.69) is 37.3 Å². The Morgan fingerprint density at radius 3 is 2.44 bits per heavy atom. The van der Waals surface area contributed by atoms with Crippen molar-refractivity contribution in [3.8, 4) is 17.0 Å². The molecule has 2 N–H and O–H groups in total. The van der Waals surface area contributed by atoms with Gasteiger partial charge in [0.1, 0.15) is 5.75 Å². The van der Waals surface area contributed by atoms with Gasteiger partial charge >= 0.3 is 6.03 Å². The van der Waals surface area contributed by atoms with Crippen molar-refractivity contribution in [3.05, 3.63) is 71.4 Å². The molecule has 0 bridgehead atoms. The molecule has 39 heavy (non-hydrogen) atoms. The number of methoxy groups -OCH3 is 1. The Hall–Kier alpha value is -4.31. The second kappa shape index (κ2) is 15.8. The zero-order valence-electron chi connectivity index (χ0n) is 22.9. The minimum absolute atomic E-state index is 0.292. The lowest BCUT2D eigenvalue weighted by Gasteiger charge is -2.09. The Morgan fingerprint density at radius 2 is 1.95 bits per heavy atom. The minimum Gasteiger partial charge on any atom is -0.495 e. The van der Waals surface area contributed by atoms with Gasteiger partial charge in [0, 0.05) is 37.5 Å². The molecule has 206 valence electrons. The van der Waals surface area contributed by atoms with Crippen LogP contribution in [0.4, 0.5) is 16.3 Å². The van der Waals surface area contributed by atoms with Crippen LogP contribution in [0.3, 0.4) is 0 Å². The molecule has 1 saturated heterocycles. The van der Waals surface area contributed by atoms with Crippen molar-refractivity contribution in [3.63, 3.8) is 0 Å². The quantitative estimate of drug-likeness (QED) is 0.375. The van der Waals surface area contributed by atoms with Crippen LogP contribution in [0.2, 0.25) is 5.02 Å². The number of aryl methyl sites for hydroxylation is 1. The van der Waals surface area contributed by atoms with Gasteiger partial charge in [-0.15, -0.1) is 0 Å². The number of ether oxygens (including phenoxy) is 1. The zero-order valence-corrected chi connectivity index (χ0v) is 23.6. The third-order valence-corrected chi connectivity index (χ3v) is 5.45. The van der Waals surface area contributed by atoms with Crippen molar-refractivity contribution in [1.29, 1.82) is 0 Å². The first-order valence-electron chi connectivity index (χ1n) is 12.1. The summed E-state index contributed by atoms with van der Waals surface area (Å²) >= 11 is 6.15. The molecule has 4 rings (SSSR count). The van der Waals surface area contributed by atoms with Crippen LogP contribution >= 0.6 is 11.6 Å². The van der Waals surface area contributed by atoms with E-state index in [-0.39, 0.29) is 0 Å². The summed E-state index contributed by atoms with van der Waals surface area (Å²) in [6, 6.07) is 8.43. The van der Waals surface area contributed by atoms with Gasteiger partial charge in [0.05, 0.1) is 42.1 Å². The van der Waals surface area contributed by atoms with Gasteiger partial charge in [-0.1, -0.05) is 17.2 Å². The van der Waals surface area contributed by atoms with E-state index in [0.717, 1.165) is 30.6 Å². The molecule has 2 aromatic heterocycles. The summed E-state index contributed by atoms with van der Waals surface area (Å²) in [6.45, 7) is 10.1. The highest BCUT2D eigenvalue weighted by molar-refractivity contribution is 6.32. The zero-order chi connectivity index (χ0) is 28.8. The largest absolute Gasteiger partial charge is 0.495 e. The summed E-state index contributed by atoms with van der Waals surface area (Å²) in [4.78, 5) is 40.5. The van der Waals surface area contributed by atoms with Gasteiger partial charge in [-0.2, -0.15) is 0 Å². The molecule has 1 fully saturated rings. The number of aliphatic imine (C=N–C) groups is 1. The predicted molar refractivity (Wildman–Crippen MR) is 156 cm³/mol. The Bertz CT molecular complexity index is 1290. The molecule has 0 radical (unpaired) electrons. The fourth-order valence-electron chi connectivity index (χ4n) is 3.18. The van der Waals surface area contributed by atoms with Gasteiger partial charge in [-0.25, -0.2) is 9.78 Å². The third-order valence-electron chi connectivity index (χ3n) is 5.15. The molecule has 0 aliphatic carbocycles. The van der Waals surface area contributed by atoms with Gasteiger partial charge in [-0.05, 0) is 64.2 Å². The van der Waals surface area contributed by atoms with Gasteiger partial charge < -0.3 is 15.0 Å². The Morgan fingerprint density at radius 1 is 1.18 bits per heavy atom. The molecule has 3 amide bonds. The highest BCUT2D eigenvalue weighted by atomic mass is 35.5. The fourth-order valence-corrected chi connectivity index (χ4v) is 3.43. The molecular formula is C28H34ClN7O3. The molecule has 1 aliphatic heterocycles. The number of carbonyl (C=O) groups is 2. The lowest BCUT2D eigenvalue weighted by atomic mass is 10.1. The van der Waals surface area contributed by atoms with Crippen molar-refractivity contribution in [2.75, 3.05) is 31.3 Å². The van der Waals surface area contributed by atoms with E-state index in [4.69, 9.17) is 16.3 Å². The number of allylic oxidation sites excluding steroid dienone is 1. The number of hydrogen-bond acceptors (Lipinski definition) is 7. The first-order chi connectivity index (χ1) is 18.6. The van der Waals surface area contributed by atoms with E-state index in [0.29, 0.717) is 33.9 Å². The first-order valence-corrected chi connectivity index (χ1v) is 12.5. The number of carbonyl (C=O) groups excluding carboxylic acids is 2. The van der Waals surface area contributed by atoms with E-state index >= 15 is 0 Å². The lowest BCUT2D eigenvalue weighted by molar-refractivity contribution is -0.126. The van der Waals surface area contributed by atoms with Crippen LogP contribution in [0.25, 0.3) is 11.3 Å². The van der Waals surface area contributed by atoms with E-state index in [1.807, 2.05) is 40.0 Å². The number of anilines is 2. The molecule has 0 saturated carbocycles. The van der Waals surface area contributed by atoms with Crippen LogP contribution in [0.1, 0.15) is 32.4 Å². The van der Waals surface area contributed by atoms with Crippen LogP contribution in [0.5, 0.6) is 5.75 Å². The minimum atomic E-state index is -0.435. The third kappa shape index (κ3) is 10.9. The molecule has 1 aliphatic rings. The van der Waals surface area contributed by atoms with Crippen molar-refractivity contribution < 1.29 is 14.3 Å². The van der Waals surface area contributed by atoms with Crippen LogP contribution in [0.15, 0.2) is 65.7 Å². The molecular weight excluding hydrogens is 518 g/mol. The molecule has 0 unspecified atom stereocenters. The number of nitrogens with zero attached hydrogens (tertiary/aromatic N) is 5. The van der Waals surface area contributed by atoms with Crippen LogP contribution in [-0.2, 0) is 4.79 Å². The fraction of sp³-hybridized carbons (Fsp3) is 0.286. The molecule has 1 aromatic carbocycles. The highest BCUT2D eigenvalue weighted by Crippen LogP contribution is 2.29. The number of likely N-dealkylation sites (tertiary alicyclic amines) is 1. The molecule has 3 heterocycles. The van der Waals surface area contributed by atoms with E-state index in [1.165, 1.54) is 11.8 Å². The van der Waals surface area contributed by atoms with Crippen LogP contribution in [0, 0.1) is 6.92 Å². The monoisotopic (exact) mass is 551 g/mol. The summed E-state index contributed by atoms with van der Waals surface area (Å²) < 4.78 is 5.14. The number of aromatic nitrogens is 3. The standard InChI is InChI=1S/C18H16ClN5O2.C5H9NO.C5H9N/c1-11-3-5-13(8-21-11)22-18(25)24-17-10-20-9-15(23-17)12-4-6-16(26-2)14(19)7-12;1-6-4-2-3-5(6)7;1-5(2)4-6-3/h3-10H,1-2H3,(H2,22,23,24,25);2-4H2,1H3;4H,3H2,1-2H3. The topological polar surface area (TPSA) is 122 Å². The summed E-state index contributed by atoms with van der Waals surface area (Å²) in [5, 5.41) is 5.79. The van der Waals surface area contributed by atoms with Crippen molar-refractivity contribution in [1.82, 2.24) is 19.9 Å². The SMILES string of the molecule is C=NC=C(C)C.CN1CCCC1=O.COc1ccc(-c2cncc(NC(=O)Nc3ccc(C)nc3)n2)cc1Cl. The highest BCUT2D eigenvalue weighted by Gasteiger charge is 2.14. The summed E-state index contributed by atoms with van der Waals surface area (Å²) in [5.41, 5.74) is 3.97. The average Bonchev–Trinajstić information content (AvgIpc) is 3.28. The number of halogens is 1. The maximum atomic E-state index is 12.1. The van der Waals surface area contributed by atoms with Crippen molar-refractivity contribution >= 4 is 41.8 Å². The maximum Gasteiger partial charge on any atom is 0.324 e. The average molecular weight is 552 g/mol. The van der Waals surface area contributed by atoms with Crippen LogP contribution < -0.4 is 15.4 Å². The normalized spacial score (nSPS) is 11.7. The van der Waals surface area contributed by atoms with Crippen molar-refractivity contribution in [2.45, 2.75) is 33.6 Å². The number of pyridine rings is 1. The molecule has 3 aromatic rings. The number of nitrogens with one attached hydrogen (secondary N) is 2. The van der Waals surface area contributed by atoms with Gasteiger partial charge in [0.25, 0.3) is 0 Å². The van der Waals surface area contributed by atoms with Gasteiger partial charge in [0.15, 0.2) is 5.82 Å². The number of urea groups is 1. The van der Waals surface area contributed by atoms with Gasteiger partial charge in [-0.3, -0.25) is 25.1 Å². The van der Waals surface area contributed by atoms with Gasteiger partial charge in [0.2, 0.25) is 5.91 Å². The predicted octanol–water partition coefficient (Wildman–Crippen LogP) is 6.00. The van der Waals surface area contributed by atoms with E-state index in [1.54, 1.807) is 48.8 Å². The Kier molecular flexibility index (Phi) is 12.5. The van der Waals surface area contributed by atoms with Crippen molar-refractivity contribution in [2.24, 2.45) is 4.99 Å². The Labute approximate surface area is 234 Å². The summed E-state index contributed by atoms with van der Waals surface area (Å²) in [7, 11) is 3.39. The second-order valence-corrected chi connectivity index (χ2v) is 9.12. The number of benzene rings is 1. The number of rotatable bonds is 5. The smallest absolute Gasteiger partial charge is 0.324 e. The van der Waals surface area contributed by atoms with Crippen LogP contribution in [-0.4, -0.2) is 59.2 Å². The molecule has 0 spiro atoms. The Balaban J connectivity index is 0.000000337. The second-order valence-electron chi connectivity index (χ2n) is 8.71. The summed E-state index contributed by atoms with van der Waals surface area (Å²) in [6.07, 6.45) is 8.16. The van der Waals surface area contributed by atoms with E-state index in [9.17, 15) is 9.59 Å². The molecule has 0 atom stereocenters. The van der Waals surface area contributed by atoms with E-state index < -0.39 is 6.03 Å². The number of hydrogen-bond donors (Lipinski definition) is 2. The maximum absolute atomic E-state index is 12.1. The lowest BCUT2D eigenvalue weighted by Crippen LogP contribution is -2.20.